The number of carbonyl (C=O) groups is 1. The van der Waals surface area contributed by atoms with Gasteiger partial charge < -0.3 is 10.1 Å². The van der Waals surface area contributed by atoms with Gasteiger partial charge in [0.2, 0.25) is 0 Å². The lowest BCUT2D eigenvalue weighted by Crippen LogP contribution is -2.09. The zero-order valence-corrected chi connectivity index (χ0v) is 13.8. The SMILES string of the molecule is CCOC(=O)c1c(NCc2ccccc2C)sc(C)c1C. The molecule has 0 atom stereocenters. The highest BCUT2D eigenvalue weighted by Crippen LogP contribution is 2.33. The number of rotatable bonds is 5. The predicted molar refractivity (Wildman–Crippen MR) is 88.3 cm³/mol. The average Bonchev–Trinajstić information content (AvgIpc) is 2.73. The zero-order valence-electron chi connectivity index (χ0n) is 12.9. The molecule has 1 N–H and O–H groups in total. The Morgan fingerprint density at radius 2 is 1.95 bits per heavy atom. The van der Waals surface area contributed by atoms with Gasteiger partial charge in [0.05, 0.1) is 12.2 Å². The molecule has 0 saturated heterocycles. The van der Waals surface area contributed by atoms with Crippen molar-refractivity contribution in [3.05, 3.63) is 51.4 Å². The second-order valence-corrected chi connectivity index (χ2v) is 6.21. The first-order chi connectivity index (χ1) is 10.0. The molecule has 0 aliphatic heterocycles. The quantitative estimate of drug-likeness (QED) is 0.829. The van der Waals surface area contributed by atoms with Gasteiger partial charge in [0.25, 0.3) is 0 Å². The summed E-state index contributed by atoms with van der Waals surface area (Å²) in [5, 5.41) is 4.28. The summed E-state index contributed by atoms with van der Waals surface area (Å²) in [7, 11) is 0. The van der Waals surface area contributed by atoms with E-state index >= 15 is 0 Å². The molecule has 0 amide bonds. The first-order valence-electron chi connectivity index (χ1n) is 7.10. The van der Waals surface area contributed by atoms with Gasteiger partial charge >= 0.3 is 5.97 Å². The van der Waals surface area contributed by atoms with Gasteiger partial charge in [-0.25, -0.2) is 4.79 Å². The maximum absolute atomic E-state index is 12.1. The molecule has 2 rings (SSSR count). The molecule has 21 heavy (non-hydrogen) atoms. The Morgan fingerprint density at radius 3 is 2.62 bits per heavy atom. The van der Waals surface area contributed by atoms with Crippen LogP contribution in [0.5, 0.6) is 0 Å². The summed E-state index contributed by atoms with van der Waals surface area (Å²) in [5.41, 5.74) is 4.15. The van der Waals surface area contributed by atoms with E-state index in [1.54, 1.807) is 11.3 Å². The van der Waals surface area contributed by atoms with Crippen LogP contribution in [-0.4, -0.2) is 12.6 Å². The van der Waals surface area contributed by atoms with Gasteiger partial charge in [-0.3, -0.25) is 0 Å². The maximum Gasteiger partial charge on any atom is 0.341 e. The molecule has 0 aliphatic rings. The van der Waals surface area contributed by atoms with Gasteiger partial charge in [0.1, 0.15) is 5.00 Å². The Hall–Kier alpha value is -1.81. The number of hydrogen-bond donors (Lipinski definition) is 1. The van der Waals surface area contributed by atoms with Crippen molar-refractivity contribution in [1.82, 2.24) is 0 Å². The van der Waals surface area contributed by atoms with E-state index in [1.165, 1.54) is 11.1 Å². The van der Waals surface area contributed by atoms with Crippen molar-refractivity contribution in [3.63, 3.8) is 0 Å². The molecule has 0 aliphatic carbocycles. The fraction of sp³-hybridized carbons (Fsp3) is 0.353. The van der Waals surface area contributed by atoms with Crippen LogP contribution in [-0.2, 0) is 11.3 Å². The first kappa shape index (κ1) is 15.6. The number of nitrogens with one attached hydrogen (secondary N) is 1. The molecule has 0 bridgehead atoms. The van der Waals surface area contributed by atoms with Gasteiger partial charge in [-0.05, 0) is 44.4 Å². The maximum atomic E-state index is 12.1. The number of thiophene rings is 1. The van der Waals surface area contributed by atoms with Crippen LogP contribution in [0, 0.1) is 20.8 Å². The smallest absolute Gasteiger partial charge is 0.341 e. The Kier molecular flexibility index (Phi) is 5.02. The molecule has 0 fully saturated rings. The minimum absolute atomic E-state index is 0.244. The molecular weight excluding hydrogens is 282 g/mol. The highest BCUT2D eigenvalue weighted by atomic mass is 32.1. The van der Waals surface area contributed by atoms with Crippen molar-refractivity contribution in [2.45, 2.75) is 34.2 Å². The number of aryl methyl sites for hydroxylation is 2. The second kappa shape index (κ2) is 6.76. The normalized spacial score (nSPS) is 10.5. The van der Waals surface area contributed by atoms with Crippen LogP contribution in [0.25, 0.3) is 0 Å². The van der Waals surface area contributed by atoms with Gasteiger partial charge in [0, 0.05) is 11.4 Å². The largest absolute Gasteiger partial charge is 0.462 e. The molecule has 1 aromatic carbocycles. The standard InChI is InChI=1S/C17H21NO2S/c1-5-20-17(19)15-12(3)13(4)21-16(15)18-10-14-9-7-6-8-11(14)2/h6-9,18H,5,10H2,1-4H3. The van der Waals surface area contributed by atoms with Crippen molar-refractivity contribution < 1.29 is 9.53 Å². The van der Waals surface area contributed by atoms with Gasteiger partial charge in [-0.15, -0.1) is 11.3 Å². The summed E-state index contributed by atoms with van der Waals surface area (Å²) in [6.45, 7) is 9.02. The van der Waals surface area contributed by atoms with Crippen molar-refractivity contribution in [2.24, 2.45) is 0 Å². The second-order valence-electron chi connectivity index (χ2n) is 4.99. The van der Waals surface area contributed by atoms with E-state index in [0.29, 0.717) is 18.7 Å². The molecule has 0 radical (unpaired) electrons. The molecule has 1 heterocycles. The summed E-state index contributed by atoms with van der Waals surface area (Å²) in [4.78, 5) is 13.3. The van der Waals surface area contributed by atoms with E-state index in [4.69, 9.17) is 4.74 Å². The van der Waals surface area contributed by atoms with Crippen molar-refractivity contribution >= 4 is 22.3 Å². The average molecular weight is 303 g/mol. The third kappa shape index (κ3) is 3.45. The van der Waals surface area contributed by atoms with Crippen LogP contribution in [0.2, 0.25) is 0 Å². The minimum Gasteiger partial charge on any atom is -0.462 e. The van der Waals surface area contributed by atoms with Gasteiger partial charge in [0.15, 0.2) is 0 Å². The van der Waals surface area contributed by atoms with E-state index < -0.39 is 0 Å². The van der Waals surface area contributed by atoms with E-state index in [1.807, 2.05) is 32.9 Å². The summed E-state index contributed by atoms with van der Waals surface area (Å²) < 4.78 is 5.17. The van der Waals surface area contributed by atoms with Crippen LogP contribution in [0.3, 0.4) is 0 Å². The molecule has 112 valence electrons. The number of ether oxygens (including phenoxy) is 1. The Labute approximate surface area is 130 Å². The summed E-state index contributed by atoms with van der Waals surface area (Å²) in [5.74, 6) is -0.244. The zero-order chi connectivity index (χ0) is 15.4. The molecule has 0 spiro atoms. The number of anilines is 1. The predicted octanol–water partition coefficient (Wildman–Crippen LogP) is 4.46. The van der Waals surface area contributed by atoms with E-state index in [0.717, 1.165) is 15.4 Å². The number of hydrogen-bond acceptors (Lipinski definition) is 4. The molecule has 4 heteroatoms. The fourth-order valence-corrected chi connectivity index (χ4v) is 3.23. The summed E-state index contributed by atoms with van der Waals surface area (Å²) in [6, 6.07) is 8.25. The van der Waals surface area contributed by atoms with Crippen LogP contribution in [0.1, 0.15) is 38.8 Å². The highest BCUT2D eigenvalue weighted by molar-refractivity contribution is 7.16. The Balaban J connectivity index is 2.22. The van der Waals surface area contributed by atoms with Crippen molar-refractivity contribution in [3.8, 4) is 0 Å². The highest BCUT2D eigenvalue weighted by Gasteiger charge is 2.20. The van der Waals surface area contributed by atoms with Crippen LogP contribution >= 0.6 is 11.3 Å². The lowest BCUT2D eigenvalue weighted by Gasteiger charge is -2.09. The Morgan fingerprint density at radius 1 is 1.24 bits per heavy atom. The van der Waals surface area contributed by atoms with Gasteiger partial charge in [-0.1, -0.05) is 24.3 Å². The fourth-order valence-electron chi connectivity index (χ4n) is 2.18. The van der Waals surface area contributed by atoms with Crippen molar-refractivity contribution in [2.75, 3.05) is 11.9 Å². The van der Waals surface area contributed by atoms with Crippen LogP contribution < -0.4 is 5.32 Å². The number of benzene rings is 1. The molecule has 0 unspecified atom stereocenters. The van der Waals surface area contributed by atoms with E-state index in [2.05, 4.69) is 24.4 Å². The Bertz CT molecular complexity index is 646. The van der Waals surface area contributed by atoms with Crippen LogP contribution in [0.4, 0.5) is 5.00 Å². The lowest BCUT2D eigenvalue weighted by atomic mass is 10.1. The molecule has 1 aromatic heterocycles. The van der Waals surface area contributed by atoms with Crippen LogP contribution in [0.15, 0.2) is 24.3 Å². The van der Waals surface area contributed by atoms with E-state index in [-0.39, 0.29) is 5.97 Å². The lowest BCUT2D eigenvalue weighted by molar-refractivity contribution is 0.0527. The number of carbonyl (C=O) groups excluding carboxylic acids is 1. The van der Waals surface area contributed by atoms with Crippen molar-refractivity contribution in [1.29, 1.82) is 0 Å². The van der Waals surface area contributed by atoms with E-state index in [9.17, 15) is 4.79 Å². The molecule has 0 saturated carbocycles. The summed E-state index contributed by atoms with van der Waals surface area (Å²) >= 11 is 1.61. The topological polar surface area (TPSA) is 38.3 Å². The minimum atomic E-state index is -0.244. The molecule has 3 nitrogen and oxygen atoms in total. The summed E-state index contributed by atoms with van der Waals surface area (Å²) in [6.07, 6.45) is 0. The first-order valence-corrected chi connectivity index (χ1v) is 7.91. The third-order valence-electron chi connectivity index (χ3n) is 3.57. The third-order valence-corrected chi connectivity index (χ3v) is 4.73. The number of esters is 1. The van der Waals surface area contributed by atoms with Gasteiger partial charge in [-0.2, -0.15) is 0 Å². The monoisotopic (exact) mass is 303 g/mol. The molecular formula is C17H21NO2S. The molecule has 2 aromatic rings.